The van der Waals surface area contributed by atoms with E-state index in [0.717, 1.165) is 37.1 Å². The molecular weight excluding hydrogens is 542 g/mol. The Morgan fingerprint density at radius 2 is 1.67 bits per heavy atom. The van der Waals surface area contributed by atoms with E-state index >= 15 is 0 Å². The van der Waals surface area contributed by atoms with Crippen LogP contribution in [0.2, 0.25) is 0 Å². The van der Waals surface area contributed by atoms with Crippen molar-refractivity contribution in [1.82, 2.24) is 9.91 Å². The Balaban J connectivity index is 1.11. The number of benzene rings is 2. The number of hydrazine groups is 1. The summed E-state index contributed by atoms with van der Waals surface area (Å²) in [6.07, 6.45) is 8.01. The van der Waals surface area contributed by atoms with Gasteiger partial charge in [-0.2, -0.15) is 10.2 Å². The van der Waals surface area contributed by atoms with Crippen LogP contribution in [0.4, 0.5) is 16.2 Å². The number of anilines is 2. The van der Waals surface area contributed by atoms with Gasteiger partial charge in [0, 0.05) is 56.7 Å². The Kier molecular flexibility index (Phi) is 7.75. The number of fused-ring (bicyclic) bond motifs is 3. The summed E-state index contributed by atoms with van der Waals surface area (Å²) in [5.74, 6) is -0.147. The number of likely N-dealkylation sites (tertiary alicyclic amines) is 1. The Morgan fingerprint density at radius 3 is 2.37 bits per heavy atom. The first-order chi connectivity index (χ1) is 21.0. The van der Waals surface area contributed by atoms with Crippen LogP contribution in [0.3, 0.4) is 0 Å². The molecule has 2 aromatic carbocycles. The third-order valence-corrected chi connectivity index (χ3v) is 9.99. The number of urea groups is 1. The minimum Gasteiger partial charge on any atom is -0.381 e. The molecule has 7 rings (SSSR count). The molecule has 0 spiro atoms. The molecule has 0 aromatic heterocycles. The van der Waals surface area contributed by atoms with Gasteiger partial charge in [0.05, 0.1) is 16.8 Å². The van der Waals surface area contributed by atoms with Crippen molar-refractivity contribution in [3.05, 3.63) is 64.7 Å². The van der Waals surface area contributed by atoms with Gasteiger partial charge in [-0.05, 0) is 75.4 Å². The van der Waals surface area contributed by atoms with Crippen molar-refractivity contribution in [2.24, 2.45) is 16.0 Å². The first-order valence-corrected chi connectivity index (χ1v) is 15.8. The SMILES string of the molecule is CN(C1CCOCC1)N(C(N)=O)c1cccc2c1C(=O)C1=C(c3ccc(N4CCC(N5CCCCC5)CC4)cc3)N=NC12. The van der Waals surface area contributed by atoms with Crippen LogP contribution in [0.5, 0.6) is 0 Å². The molecule has 4 heterocycles. The van der Waals surface area contributed by atoms with Crippen molar-refractivity contribution in [1.29, 1.82) is 0 Å². The molecule has 5 aliphatic rings. The van der Waals surface area contributed by atoms with E-state index in [1.54, 1.807) is 6.07 Å². The van der Waals surface area contributed by atoms with Crippen molar-refractivity contribution in [3.8, 4) is 0 Å². The molecule has 1 aliphatic carbocycles. The van der Waals surface area contributed by atoms with Crippen LogP contribution in [0.1, 0.15) is 72.5 Å². The normalized spacial score (nSPS) is 23.3. The molecule has 3 fully saturated rings. The minimum atomic E-state index is -0.626. The van der Waals surface area contributed by atoms with Gasteiger partial charge in [0.2, 0.25) is 0 Å². The van der Waals surface area contributed by atoms with Crippen molar-refractivity contribution in [2.45, 2.75) is 63.1 Å². The number of Topliss-reactive ketones (excluding diaryl/α,β-unsaturated/α-hetero) is 1. The second-order valence-electron chi connectivity index (χ2n) is 12.4. The zero-order valence-electron chi connectivity index (χ0n) is 25.0. The molecule has 43 heavy (non-hydrogen) atoms. The predicted octanol–water partition coefficient (Wildman–Crippen LogP) is 5.17. The summed E-state index contributed by atoms with van der Waals surface area (Å²) in [7, 11) is 1.85. The van der Waals surface area contributed by atoms with E-state index in [2.05, 4.69) is 44.3 Å². The number of hydrogen-bond donors (Lipinski definition) is 1. The number of azo groups is 1. The van der Waals surface area contributed by atoms with E-state index in [-0.39, 0.29) is 11.8 Å². The van der Waals surface area contributed by atoms with E-state index in [1.807, 2.05) is 24.2 Å². The molecule has 1 unspecified atom stereocenters. The summed E-state index contributed by atoms with van der Waals surface area (Å²) < 4.78 is 5.51. The predicted molar refractivity (Wildman–Crippen MR) is 166 cm³/mol. The second kappa shape index (κ2) is 11.8. The monoisotopic (exact) mass is 583 g/mol. The molecule has 2 N–H and O–H groups in total. The van der Waals surface area contributed by atoms with Gasteiger partial charge in [-0.1, -0.05) is 30.7 Å². The lowest BCUT2D eigenvalue weighted by molar-refractivity contribution is 0.0419. The Labute approximate surface area is 253 Å². The molecule has 2 aromatic rings. The maximum absolute atomic E-state index is 14.1. The zero-order chi connectivity index (χ0) is 29.5. The third-order valence-electron chi connectivity index (χ3n) is 9.99. The molecule has 3 saturated heterocycles. The maximum Gasteiger partial charge on any atom is 0.334 e. The Hall–Kier alpha value is -3.60. The highest BCUT2D eigenvalue weighted by Gasteiger charge is 2.44. The summed E-state index contributed by atoms with van der Waals surface area (Å²) in [6.45, 7) is 5.88. The molecular formula is C33H41N7O3. The smallest absolute Gasteiger partial charge is 0.334 e. The number of ketones is 1. The van der Waals surface area contributed by atoms with E-state index in [0.29, 0.717) is 41.8 Å². The Morgan fingerprint density at radius 1 is 0.953 bits per heavy atom. The molecule has 4 aliphatic heterocycles. The molecule has 10 nitrogen and oxygen atoms in total. The van der Waals surface area contributed by atoms with Crippen LogP contribution in [0.15, 0.2) is 58.3 Å². The maximum atomic E-state index is 14.1. The molecule has 226 valence electrons. The van der Waals surface area contributed by atoms with Crippen LogP contribution in [-0.4, -0.2) is 80.2 Å². The number of primary amides is 1. The molecule has 1 atom stereocenters. The average Bonchev–Trinajstić information content (AvgIpc) is 3.62. The van der Waals surface area contributed by atoms with Gasteiger partial charge in [-0.25, -0.2) is 14.8 Å². The average molecular weight is 584 g/mol. The van der Waals surface area contributed by atoms with Crippen LogP contribution in [-0.2, 0) is 4.74 Å². The fourth-order valence-electron chi connectivity index (χ4n) is 7.63. The Bertz CT molecular complexity index is 1430. The summed E-state index contributed by atoms with van der Waals surface area (Å²) >= 11 is 0. The van der Waals surface area contributed by atoms with Gasteiger partial charge in [0.1, 0.15) is 11.7 Å². The number of rotatable bonds is 6. The molecule has 0 radical (unpaired) electrons. The number of piperidine rings is 2. The topological polar surface area (TPSA) is 107 Å². The lowest BCUT2D eigenvalue weighted by atomic mass is 9.99. The van der Waals surface area contributed by atoms with E-state index < -0.39 is 12.1 Å². The highest BCUT2D eigenvalue weighted by Crippen LogP contribution is 2.49. The van der Waals surface area contributed by atoms with Gasteiger partial charge in [-0.3, -0.25) is 4.79 Å². The number of nitrogens with two attached hydrogens (primary N) is 1. The summed E-state index contributed by atoms with van der Waals surface area (Å²) in [5.41, 5.74) is 10.9. The number of carbonyl (C=O) groups is 2. The van der Waals surface area contributed by atoms with Crippen molar-refractivity contribution in [2.75, 3.05) is 56.3 Å². The van der Waals surface area contributed by atoms with Gasteiger partial charge < -0.3 is 20.3 Å². The van der Waals surface area contributed by atoms with Crippen LogP contribution in [0, 0.1) is 0 Å². The van der Waals surface area contributed by atoms with Crippen LogP contribution >= 0.6 is 0 Å². The largest absolute Gasteiger partial charge is 0.381 e. The van der Waals surface area contributed by atoms with Gasteiger partial charge in [-0.15, -0.1) is 0 Å². The van der Waals surface area contributed by atoms with Crippen LogP contribution < -0.4 is 15.6 Å². The lowest BCUT2D eigenvalue weighted by Gasteiger charge is -2.41. The summed E-state index contributed by atoms with van der Waals surface area (Å²) in [4.78, 5) is 32.0. The number of ether oxygens (including phenoxy) is 1. The summed E-state index contributed by atoms with van der Waals surface area (Å²) in [5, 5.41) is 12.3. The number of hydrogen-bond acceptors (Lipinski definition) is 8. The van der Waals surface area contributed by atoms with Gasteiger partial charge in [0.25, 0.3) is 0 Å². The highest BCUT2D eigenvalue weighted by atomic mass is 16.5. The quantitative estimate of drug-likeness (QED) is 0.471. The van der Waals surface area contributed by atoms with Crippen molar-refractivity contribution < 1.29 is 14.3 Å². The van der Waals surface area contributed by atoms with E-state index in [9.17, 15) is 9.59 Å². The number of amides is 2. The fourth-order valence-corrected chi connectivity index (χ4v) is 7.63. The van der Waals surface area contributed by atoms with Crippen molar-refractivity contribution >= 4 is 28.9 Å². The van der Waals surface area contributed by atoms with Crippen molar-refractivity contribution in [3.63, 3.8) is 0 Å². The second-order valence-corrected chi connectivity index (χ2v) is 12.4. The molecule has 0 bridgehead atoms. The fraction of sp³-hybridized carbons (Fsp3) is 0.515. The van der Waals surface area contributed by atoms with Gasteiger partial charge in [0.15, 0.2) is 5.78 Å². The minimum absolute atomic E-state index is 0.0802. The molecule has 2 amide bonds. The summed E-state index contributed by atoms with van der Waals surface area (Å²) in [6, 6.07) is 13.6. The highest BCUT2D eigenvalue weighted by molar-refractivity contribution is 6.22. The molecule has 10 heteroatoms. The first-order valence-electron chi connectivity index (χ1n) is 15.8. The third kappa shape index (κ3) is 5.15. The first kappa shape index (κ1) is 28.2. The lowest BCUT2D eigenvalue weighted by Crippen LogP contribution is -2.53. The zero-order valence-corrected chi connectivity index (χ0v) is 25.0. The van der Waals surface area contributed by atoms with E-state index in [4.69, 9.17) is 10.5 Å². The number of nitrogens with zero attached hydrogens (tertiary/aromatic N) is 6. The van der Waals surface area contributed by atoms with E-state index in [1.165, 1.54) is 55.9 Å². The number of carbonyl (C=O) groups excluding carboxylic acids is 2. The standard InChI is InChI=1S/C33H41N7O3/c1-37(23-14-20-43-21-15-23)40(33(34)42)27-7-5-6-26-28(27)32(41)29-30(35-36-31(26)29)22-8-10-24(11-9-22)39-18-12-25(13-19-39)38-16-3-2-4-17-38/h5-11,23,25,31H,2-4,12-21H2,1H3,(H2,34,42). The van der Waals surface area contributed by atoms with Crippen LogP contribution in [0.25, 0.3) is 5.70 Å². The molecule has 0 saturated carbocycles. The van der Waals surface area contributed by atoms with Gasteiger partial charge >= 0.3 is 6.03 Å².